The number of amides is 2. The summed E-state index contributed by atoms with van der Waals surface area (Å²) < 4.78 is 10.7. The predicted molar refractivity (Wildman–Crippen MR) is 119 cm³/mol. The number of carbonyl (C=O) groups excluding carboxylic acids is 2. The predicted octanol–water partition coefficient (Wildman–Crippen LogP) is 0.399. The van der Waals surface area contributed by atoms with Crippen molar-refractivity contribution in [3.8, 4) is 5.75 Å². The molecule has 172 valence electrons. The lowest BCUT2D eigenvalue weighted by Crippen LogP contribution is -2.56. The number of methoxy groups -OCH3 is 1. The SMILES string of the molecule is COC(C(=O)NC1COc2ccccc2N(C)C1=O)[C@H](O)[C@@H](O)[C@H](O)/C=C/c1ccsc1. The number of fused-ring (bicyclic) bond motifs is 1. The fourth-order valence-corrected chi connectivity index (χ4v) is 3.92. The Hall–Kier alpha value is -2.76. The Labute approximate surface area is 189 Å². The van der Waals surface area contributed by atoms with Crippen LogP contribution in [0, 0.1) is 0 Å². The van der Waals surface area contributed by atoms with Crippen molar-refractivity contribution in [2.45, 2.75) is 30.5 Å². The molecule has 2 heterocycles. The van der Waals surface area contributed by atoms with E-state index in [2.05, 4.69) is 5.32 Å². The molecule has 0 saturated heterocycles. The summed E-state index contributed by atoms with van der Waals surface area (Å²) in [6, 6.07) is 7.76. The van der Waals surface area contributed by atoms with Crippen LogP contribution in [-0.4, -0.2) is 78.4 Å². The average molecular weight is 463 g/mol. The molecular weight excluding hydrogens is 436 g/mol. The maximum atomic E-state index is 12.8. The van der Waals surface area contributed by atoms with Gasteiger partial charge in [0.1, 0.15) is 36.7 Å². The molecule has 0 saturated carbocycles. The van der Waals surface area contributed by atoms with Crippen LogP contribution in [0.3, 0.4) is 0 Å². The Morgan fingerprint density at radius 3 is 2.72 bits per heavy atom. The zero-order chi connectivity index (χ0) is 23.3. The summed E-state index contributed by atoms with van der Waals surface area (Å²) in [4.78, 5) is 26.9. The Morgan fingerprint density at radius 2 is 2.03 bits per heavy atom. The number of likely N-dealkylation sites (N-methyl/N-ethyl adjacent to an activating group) is 1. The Morgan fingerprint density at radius 1 is 1.28 bits per heavy atom. The van der Waals surface area contributed by atoms with Crippen molar-refractivity contribution < 1.29 is 34.4 Å². The number of nitrogens with zero attached hydrogens (tertiary/aromatic N) is 1. The summed E-state index contributed by atoms with van der Waals surface area (Å²) >= 11 is 1.47. The van der Waals surface area contributed by atoms with Crippen LogP contribution < -0.4 is 15.0 Å². The summed E-state index contributed by atoms with van der Waals surface area (Å²) in [5.74, 6) is -0.735. The number of nitrogens with one attached hydrogen (secondary N) is 1. The van der Waals surface area contributed by atoms with Gasteiger partial charge in [0, 0.05) is 14.2 Å². The molecule has 1 aliphatic heterocycles. The lowest BCUT2D eigenvalue weighted by atomic mass is 10.0. The summed E-state index contributed by atoms with van der Waals surface area (Å²) in [7, 11) is 2.75. The third kappa shape index (κ3) is 5.34. The van der Waals surface area contributed by atoms with E-state index in [9.17, 15) is 24.9 Å². The molecule has 0 bridgehead atoms. The number of aliphatic hydroxyl groups is 3. The monoisotopic (exact) mass is 462 g/mol. The van der Waals surface area contributed by atoms with Crippen molar-refractivity contribution in [3.63, 3.8) is 0 Å². The van der Waals surface area contributed by atoms with E-state index in [1.165, 1.54) is 29.4 Å². The van der Waals surface area contributed by atoms with Gasteiger partial charge in [-0.05, 0) is 34.5 Å². The van der Waals surface area contributed by atoms with Crippen molar-refractivity contribution in [3.05, 3.63) is 52.7 Å². The highest BCUT2D eigenvalue weighted by atomic mass is 32.1. The van der Waals surface area contributed by atoms with Crippen LogP contribution in [0.4, 0.5) is 5.69 Å². The van der Waals surface area contributed by atoms with Gasteiger partial charge >= 0.3 is 0 Å². The van der Waals surface area contributed by atoms with Gasteiger partial charge in [-0.1, -0.05) is 24.3 Å². The van der Waals surface area contributed by atoms with Crippen LogP contribution in [0.2, 0.25) is 0 Å². The summed E-state index contributed by atoms with van der Waals surface area (Å²) in [6.45, 7) is -0.118. The van der Waals surface area contributed by atoms with Crippen molar-refractivity contribution in [2.24, 2.45) is 0 Å². The topological polar surface area (TPSA) is 129 Å². The highest BCUT2D eigenvalue weighted by molar-refractivity contribution is 7.08. The number of hydrogen-bond donors (Lipinski definition) is 4. The van der Waals surface area contributed by atoms with Gasteiger partial charge < -0.3 is 35.0 Å². The number of thiophene rings is 1. The van der Waals surface area contributed by atoms with E-state index in [0.29, 0.717) is 11.4 Å². The zero-order valence-electron chi connectivity index (χ0n) is 17.6. The second-order valence-corrected chi connectivity index (χ2v) is 8.06. The summed E-state index contributed by atoms with van der Waals surface area (Å²) in [6.07, 6.45) is -3.52. The van der Waals surface area contributed by atoms with Gasteiger partial charge in [0.05, 0.1) is 5.69 Å². The number of hydrogen-bond acceptors (Lipinski definition) is 8. The van der Waals surface area contributed by atoms with Crippen LogP contribution in [0.25, 0.3) is 6.08 Å². The summed E-state index contributed by atoms with van der Waals surface area (Å²) in [5, 5.41) is 37.2. The third-order valence-corrected chi connectivity index (χ3v) is 5.83. The first-order chi connectivity index (χ1) is 15.3. The van der Waals surface area contributed by atoms with Crippen LogP contribution in [0.5, 0.6) is 5.75 Å². The first kappa shape index (κ1) is 23.9. The van der Waals surface area contributed by atoms with E-state index in [-0.39, 0.29) is 6.61 Å². The maximum absolute atomic E-state index is 12.8. The highest BCUT2D eigenvalue weighted by Gasteiger charge is 2.38. The molecule has 10 heteroatoms. The highest BCUT2D eigenvalue weighted by Crippen LogP contribution is 2.29. The minimum Gasteiger partial charge on any atom is -0.489 e. The van der Waals surface area contributed by atoms with E-state index in [1.54, 1.807) is 37.4 Å². The van der Waals surface area contributed by atoms with Crippen LogP contribution in [0.1, 0.15) is 5.56 Å². The number of benzene rings is 1. The van der Waals surface area contributed by atoms with Gasteiger partial charge in [-0.3, -0.25) is 9.59 Å². The molecule has 2 amide bonds. The molecule has 32 heavy (non-hydrogen) atoms. The standard InChI is InChI=1S/C22H26N2O7S/c1-24-15-5-3-4-6-17(15)31-11-14(22(24)29)23-21(28)20(30-2)19(27)18(26)16(25)8-7-13-9-10-32-12-13/h3-10,12,14,16,18-20,25-27H,11H2,1-2H3,(H,23,28)/b8-7+/t14?,16-,18+,19-,20?/m1/s1. The fourth-order valence-electron chi connectivity index (χ4n) is 3.29. The van der Waals surface area contributed by atoms with Crippen molar-refractivity contribution >= 4 is 34.9 Å². The van der Waals surface area contributed by atoms with E-state index in [1.807, 2.05) is 16.8 Å². The molecule has 1 aromatic carbocycles. The molecule has 2 unspecified atom stereocenters. The minimum atomic E-state index is -1.75. The van der Waals surface area contributed by atoms with E-state index in [0.717, 1.165) is 5.56 Å². The van der Waals surface area contributed by atoms with Gasteiger partial charge in [-0.2, -0.15) is 11.3 Å². The lowest BCUT2D eigenvalue weighted by molar-refractivity contribution is -0.150. The number of aliphatic hydroxyl groups excluding tert-OH is 3. The minimum absolute atomic E-state index is 0.118. The van der Waals surface area contributed by atoms with Crippen molar-refractivity contribution in [2.75, 3.05) is 25.7 Å². The third-order valence-electron chi connectivity index (χ3n) is 5.13. The van der Waals surface area contributed by atoms with Crippen LogP contribution >= 0.6 is 11.3 Å². The Bertz CT molecular complexity index is 950. The van der Waals surface area contributed by atoms with Gasteiger partial charge in [0.15, 0.2) is 6.10 Å². The Kier molecular flexibility index (Phi) is 7.99. The normalized spacial score (nSPS) is 20.1. The quantitative estimate of drug-likeness (QED) is 0.447. The molecule has 9 nitrogen and oxygen atoms in total. The number of ether oxygens (including phenoxy) is 2. The molecular formula is C22H26N2O7S. The molecule has 0 radical (unpaired) electrons. The van der Waals surface area contributed by atoms with Crippen molar-refractivity contribution in [1.82, 2.24) is 5.32 Å². The second-order valence-electron chi connectivity index (χ2n) is 7.28. The first-order valence-corrected chi connectivity index (χ1v) is 10.8. The smallest absolute Gasteiger partial charge is 0.252 e. The molecule has 4 N–H and O–H groups in total. The van der Waals surface area contributed by atoms with Gasteiger partial charge in [-0.25, -0.2) is 0 Å². The van der Waals surface area contributed by atoms with Gasteiger partial charge in [0.2, 0.25) is 0 Å². The second kappa shape index (κ2) is 10.7. The molecule has 5 atom stereocenters. The molecule has 2 aromatic rings. The number of carbonyl (C=O) groups is 2. The first-order valence-electron chi connectivity index (χ1n) is 9.90. The molecule has 3 rings (SSSR count). The number of rotatable bonds is 8. The van der Waals surface area contributed by atoms with Crippen molar-refractivity contribution in [1.29, 1.82) is 0 Å². The largest absolute Gasteiger partial charge is 0.489 e. The number of para-hydroxylation sites is 2. The Balaban J connectivity index is 1.65. The van der Waals surface area contributed by atoms with E-state index in [4.69, 9.17) is 9.47 Å². The molecule has 1 aliphatic rings. The van der Waals surface area contributed by atoms with E-state index < -0.39 is 42.3 Å². The summed E-state index contributed by atoms with van der Waals surface area (Å²) in [5.41, 5.74) is 1.39. The number of anilines is 1. The van der Waals surface area contributed by atoms with Crippen LogP contribution in [0.15, 0.2) is 47.2 Å². The maximum Gasteiger partial charge on any atom is 0.252 e. The molecule has 0 spiro atoms. The lowest BCUT2D eigenvalue weighted by Gasteiger charge is -2.28. The molecule has 0 fully saturated rings. The molecule has 1 aromatic heterocycles. The zero-order valence-corrected chi connectivity index (χ0v) is 18.4. The van der Waals surface area contributed by atoms with Crippen LogP contribution in [-0.2, 0) is 14.3 Å². The van der Waals surface area contributed by atoms with Gasteiger partial charge in [0.25, 0.3) is 11.8 Å². The molecule has 0 aliphatic carbocycles. The van der Waals surface area contributed by atoms with E-state index >= 15 is 0 Å². The average Bonchev–Trinajstić information content (AvgIpc) is 3.29. The van der Waals surface area contributed by atoms with Gasteiger partial charge in [-0.15, -0.1) is 0 Å². The fraction of sp³-hybridized carbons (Fsp3) is 0.364.